The van der Waals surface area contributed by atoms with Crippen molar-refractivity contribution in [2.24, 2.45) is 7.05 Å². The van der Waals surface area contributed by atoms with E-state index in [1.807, 2.05) is 0 Å². The number of fused-ring (bicyclic) bond motifs is 1. The Balaban J connectivity index is 1.65. The lowest BCUT2D eigenvalue weighted by atomic mass is 10.2. The van der Waals surface area contributed by atoms with E-state index in [9.17, 15) is 22.8 Å². The zero-order chi connectivity index (χ0) is 26.3. The van der Waals surface area contributed by atoms with Crippen LogP contribution < -0.4 is 16.7 Å². The predicted molar refractivity (Wildman–Crippen MR) is 128 cm³/mol. The fraction of sp³-hybridized carbons (Fsp3) is 0.130. The summed E-state index contributed by atoms with van der Waals surface area (Å²) in [5.74, 6) is -3.92. The Hall–Kier alpha value is -4.52. The highest BCUT2D eigenvalue weighted by Gasteiger charge is 2.19. The first-order chi connectivity index (χ1) is 17.7. The summed E-state index contributed by atoms with van der Waals surface area (Å²) >= 11 is 6.38. The molecule has 37 heavy (non-hydrogen) atoms. The second-order valence-corrected chi connectivity index (χ2v) is 8.42. The number of nitrogens with one attached hydrogen (secondary N) is 1. The second-order valence-electron chi connectivity index (χ2n) is 8.01. The van der Waals surface area contributed by atoms with Gasteiger partial charge in [-0.3, -0.25) is 9.25 Å². The van der Waals surface area contributed by atoms with Gasteiger partial charge in [0.25, 0.3) is 0 Å². The van der Waals surface area contributed by atoms with Crippen LogP contribution in [0.2, 0.25) is 5.02 Å². The van der Waals surface area contributed by atoms with E-state index in [1.165, 1.54) is 12.4 Å². The van der Waals surface area contributed by atoms with Crippen molar-refractivity contribution < 1.29 is 13.2 Å². The topological polar surface area (TPSA) is 113 Å². The molecule has 0 atom stereocenters. The third kappa shape index (κ3) is 4.80. The summed E-state index contributed by atoms with van der Waals surface area (Å²) < 4.78 is 45.1. The highest BCUT2D eigenvalue weighted by atomic mass is 35.5. The number of anilines is 2. The number of hydrogen-bond acceptors (Lipinski definition) is 7. The van der Waals surface area contributed by atoms with Crippen LogP contribution >= 0.6 is 11.6 Å². The number of aryl methyl sites for hydroxylation is 1. The standard InChI is InChI=1S/C23H16ClF3N8O2/c1-33-9-13-6-19(14(24)7-18(13)32-33)30-21-31-22(36)35(11-20-28-3-2-4-29-20)23(37)34(21)10-12-5-16(26)17(27)8-15(12)25/h2-9H,10-11H2,1H3,(H,30,31,36). The molecule has 0 unspecified atom stereocenters. The van der Waals surface area contributed by atoms with Gasteiger partial charge in [0.05, 0.1) is 29.3 Å². The molecule has 0 bridgehead atoms. The maximum Gasteiger partial charge on any atom is 0.355 e. The molecule has 0 fully saturated rings. The van der Waals surface area contributed by atoms with E-state index in [-0.39, 0.29) is 34.6 Å². The van der Waals surface area contributed by atoms with Crippen LogP contribution in [-0.4, -0.2) is 33.9 Å². The fourth-order valence-electron chi connectivity index (χ4n) is 3.70. The van der Waals surface area contributed by atoms with Gasteiger partial charge >= 0.3 is 11.4 Å². The molecule has 0 spiro atoms. The van der Waals surface area contributed by atoms with Crippen molar-refractivity contribution in [1.29, 1.82) is 0 Å². The first-order valence-electron chi connectivity index (χ1n) is 10.7. The van der Waals surface area contributed by atoms with E-state index < -0.39 is 35.4 Å². The average Bonchev–Trinajstić information content (AvgIpc) is 3.21. The number of aromatic nitrogens is 7. The van der Waals surface area contributed by atoms with Crippen molar-refractivity contribution in [1.82, 2.24) is 33.9 Å². The monoisotopic (exact) mass is 528 g/mol. The zero-order valence-corrected chi connectivity index (χ0v) is 19.7. The molecule has 188 valence electrons. The molecule has 2 aromatic carbocycles. The van der Waals surface area contributed by atoms with Crippen LogP contribution in [-0.2, 0) is 20.1 Å². The molecule has 0 aliphatic rings. The SMILES string of the molecule is Cn1cc2cc(Nc3nc(=O)n(Cc4ncccn4)c(=O)n3Cc3cc(F)c(F)cc3F)c(Cl)cc2n1. The molecular formula is C23H16ClF3N8O2. The Morgan fingerprint density at radius 1 is 0.946 bits per heavy atom. The van der Waals surface area contributed by atoms with Crippen molar-refractivity contribution in [2.45, 2.75) is 13.1 Å². The lowest BCUT2D eigenvalue weighted by Crippen LogP contribution is -2.43. The highest BCUT2D eigenvalue weighted by molar-refractivity contribution is 6.34. The number of nitrogens with zero attached hydrogens (tertiary/aromatic N) is 7. The summed E-state index contributed by atoms with van der Waals surface area (Å²) in [7, 11) is 1.73. The predicted octanol–water partition coefficient (Wildman–Crippen LogP) is 2.99. The van der Waals surface area contributed by atoms with Gasteiger partial charge in [0.2, 0.25) is 5.95 Å². The van der Waals surface area contributed by atoms with E-state index in [1.54, 1.807) is 36.1 Å². The maximum absolute atomic E-state index is 14.5. The molecule has 0 saturated carbocycles. The van der Waals surface area contributed by atoms with Crippen LogP contribution in [0, 0.1) is 17.5 Å². The molecule has 1 N–H and O–H groups in total. The Morgan fingerprint density at radius 2 is 1.68 bits per heavy atom. The van der Waals surface area contributed by atoms with Gasteiger partial charge in [0.1, 0.15) is 11.6 Å². The van der Waals surface area contributed by atoms with Gasteiger partial charge in [-0.05, 0) is 24.3 Å². The zero-order valence-electron chi connectivity index (χ0n) is 19.0. The van der Waals surface area contributed by atoms with E-state index in [0.29, 0.717) is 23.0 Å². The van der Waals surface area contributed by atoms with Gasteiger partial charge < -0.3 is 5.32 Å². The number of halogens is 4. The molecule has 0 aliphatic heterocycles. The third-order valence-electron chi connectivity index (χ3n) is 5.44. The molecule has 10 nitrogen and oxygen atoms in total. The summed E-state index contributed by atoms with van der Waals surface area (Å²) in [4.78, 5) is 38.2. The molecule has 3 aromatic heterocycles. The van der Waals surface area contributed by atoms with Gasteiger partial charge in [-0.25, -0.2) is 37.3 Å². The van der Waals surface area contributed by atoms with Crippen molar-refractivity contribution in [3.8, 4) is 0 Å². The van der Waals surface area contributed by atoms with Crippen molar-refractivity contribution in [3.05, 3.63) is 104 Å². The molecule has 0 amide bonds. The lowest BCUT2D eigenvalue weighted by Gasteiger charge is -2.16. The molecule has 0 aliphatic carbocycles. The number of hydrogen-bond donors (Lipinski definition) is 1. The summed E-state index contributed by atoms with van der Waals surface area (Å²) in [6, 6.07) is 5.76. The third-order valence-corrected chi connectivity index (χ3v) is 5.75. The van der Waals surface area contributed by atoms with Crippen molar-refractivity contribution in [2.75, 3.05) is 5.32 Å². The Bertz CT molecular complexity index is 1770. The van der Waals surface area contributed by atoms with Crippen LogP contribution in [0.5, 0.6) is 0 Å². The smallest absolute Gasteiger partial charge is 0.324 e. The molecule has 0 saturated heterocycles. The lowest BCUT2D eigenvalue weighted by molar-refractivity contribution is 0.485. The van der Waals surface area contributed by atoms with Crippen molar-refractivity contribution in [3.63, 3.8) is 0 Å². The minimum absolute atomic E-state index is 0.153. The number of benzene rings is 2. The average molecular weight is 529 g/mol. The minimum atomic E-state index is -1.38. The first-order valence-corrected chi connectivity index (χ1v) is 11.1. The molecule has 3 heterocycles. The van der Waals surface area contributed by atoms with Crippen LogP contribution in [0.15, 0.2) is 58.5 Å². The molecular weight excluding hydrogens is 513 g/mol. The summed E-state index contributed by atoms with van der Waals surface area (Å²) in [5.41, 5.74) is -1.33. The Labute approximate surface area is 210 Å². The Morgan fingerprint density at radius 3 is 2.43 bits per heavy atom. The highest BCUT2D eigenvalue weighted by Crippen LogP contribution is 2.29. The number of rotatable bonds is 6. The van der Waals surface area contributed by atoms with Gasteiger partial charge in [-0.2, -0.15) is 10.1 Å². The van der Waals surface area contributed by atoms with Crippen LogP contribution in [0.4, 0.5) is 24.8 Å². The van der Waals surface area contributed by atoms with Gasteiger partial charge in [0.15, 0.2) is 11.6 Å². The molecule has 14 heteroatoms. The summed E-state index contributed by atoms with van der Waals surface area (Å²) in [6.07, 6.45) is 4.59. The quantitative estimate of drug-likeness (QED) is 0.337. The summed E-state index contributed by atoms with van der Waals surface area (Å²) in [6.45, 7) is -0.908. The van der Waals surface area contributed by atoms with Gasteiger partial charge in [-0.1, -0.05) is 11.6 Å². The molecule has 5 rings (SSSR count). The van der Waals surface area contributed by atoms with Crippen molar-refractivity contribution >= 4 is 34.1 Å². The molecule has 5 aromatic rings. The van der Waals surface area contributed by atoms with Crippen LogP contribution in [0.25, 0.3) is 10.9 Å². The second kappa shape index (κ2) is 9.50. The maximum atomic E-state index is 14.5. The van der Waals surface area contributed by atoms with Gasteiger partial charge in [-0.15, -0.1) is 0 Å². The van der Waals surface area contributed by atoms with Crippen LogP contribution in [0.1, 0.15) is 11.4 Å². The van der Waals surface area contributed by atoms with Crippen LogP contribution in [0.3, 0.4) is 0 Å². The largest absolute Gasteiger partial charge is 0.355 e. The Kier molecular flexibility index (Phi) is 6.21. The first kappa shape index (κ1) is 24.2. The molecule has 0 radical (unpaired) electrons. The van der Waals surface area contributed by atoms with E-state index in [4.69, 9.17) is 11.6 Å². The van der Waals surface area contributed by atoms with E-state index >= 15 is 0 Å². The normalized spacial score (nSPS) is 11.3. The van der Waals surface area contributed by atoms with Gasteiger partial charge in [0, 0.05) is 42.7 Å². The fourth-order valence-corrected chi connectivity index (χ4v) is 3.90. The van der Waals surface area contributed by atoms with E-state index in [2.05, 4.69) is 25.4 Å². The summed E-state index contributed by atoms with van der Waals surface area (Å²) in [5, 5.41) is 7.99. The minimum Gasteiger partial charge on any atom is -0.324 e. The van der Waals surface area contributed by atoms with E-state index in [0.717, 1.165) is 9.13 Å².